The molecule has 0 amide bonds. The average Bonchev–Trinajstić information content (AvgIpc) is 3.13. The summed E-state index contributed by atoms with van der Waals surface area (Å²) < 4.78 is 10.8. The van der Waals surface area contributed by atoms with Crippen LogP contribution < -0.4 is 4.74 Å². The lowest BCUT2D eigenvalue weighted by Gasteiger charge is -2.07. The molecule has 0 saturated heterocycles. The Morgan fingerprint density at radius 1 is 0.963 bits per heavy atom. The predicted octanol–water partition coefficient (Wildman–Crippen LogP) is 5.58. The van der Waals surface area contributed by atoms with Gasteiger partial charge in [0.15, 0.2) is 5.82 Å². The summed E-state index contributed by atoms with van der Waals surface area (Å²) in [7, 11) is 1.69. The second-order valence-electron chi connectivity index (χ2n) is 6.96. The molecule has 136 valence electrons. The Balaban J connectivity index is 1.68. The molecule has 0 N–H and O–H groups in total. The Kier molecular flexibility index (Phi) is 4.05. The smallest absolute Gasteiger partial charge is 0.162 e. The quantitative estimate of drug-likeness (QED) is 0.432. The highest BCUT2D eigenvalue weighted by Gasteiger charge is 2.22. The third-order valence-corrected chi connectivity index (χ3v) is 5.87. The summed E-state index contributed by atoms with van der Waals surface area (Å²) in [6, 6.07) is 16.7. The largest absolute Gasteiger partial charge is 0.497 e. The molecule has 27 heavy (non-hydrogen) atoms. The minimum atomic E-state index is 0.867. The van der Waals surface area contributed by atoms with E-state index in [4.69, 9.17) is 9.84 Å². The lowest BCUT2D eigenvalue weighted by atomic mass is 10.0. The monoisotopic (exact) mass is 421 g/mol. The van der Waals surface area contributed by atoms with Gasteiger partial charge in [-0.25, -0.2) is 4.52 Å². The van der Waals surface area contributed by atoms with Crippen LogP contribution in [0.1, 0.15) is 18.4 Å². The second kappa shape index (κ2) is 6.57. The number of aryl methyl sites for hydroxylation is 2. The van der Waals surface area contributed by atoms with Gasteiger partial charge in [0.25, 0.3) is 0 Å². The van der Waals surface area contributed by atoms with E-state index in [2.05, 4.69) is 67.6 Å². The SMILES string of the molecule is COc1ccc(-c2nn3cc(-c4ccc(Br)cc4)c4c3n2CCCC4)cc1. The first-order valence-corrected chi connectivity index (χ1v) is 10.0. The molecule has 5 heteroatoms. The van der Waals surface area contributed by atoms with Crippen LogP contribution in [0, 0.1) is 0 Å². The Labute approximate surface area is 166 Å². The minimum Gasteiger partial charge on any atom is -0.497 e. The van der Waals surface area contributed by atoms with Crippen LogP contribution in [0.4, 0.5) is 0 Å². The van der Waals surface area contributed by atoms with E-state index in [9.17, 15) is 0 Å². The number of halogens is 1. The second-order valence-corrected chi connectivity index (χ2v) is 7.87. The summed E-state index contributed by atoms with van der Waals surface area (Å²) in [5, 5.41) is 4.95. The van der Waals surface area contributed by atoms with Crippen LogP contribution in [0.2, 0.25) is 0 Å². The van der Waals surface area contributed by atoms with Crippen molar-refractivity contribution in [2.24, 2.45) is 0 Å². The minimum absolute atomic E-state index is 0.867. The first-order valence-electron chi connectivity index (χ1n) is 9.26. The van der Waals surface area contributed by atoms with Gasteiger partial charge in [-0.3, -0.25) is 0 Å². The van der Waals surface area contributed by atoms with Gasteiger partial charge in [0.2, 0.25) is 0 Å². The summed E-state index contributed by atoms with van der Waals surface area (Å²) in [6.07, 6.45) is 5.65. The summed E-state index contributed by atoms with van der Waals surface area (Å²) >= 11 is 3.53. The molecular weight excluding hydrogens is 402 g/mol. The highest BCUT2D eigenvalue weighted by molar-refractivity contribution is 9.10. The van der Waals surface area contributed by atoms with E-state index < -0.39 is 0 Å². The van der Waals surface area contributed by atoms with Gasteiger partial charge in [0.1, 0.15) is 11.4 Å². The van der Waals surface area contributed by atoms with Gasteiger partial charge < -0.3 is 9.30 Å². The van der Waals surface area contributed by atoms with E-state index in [0.29, 0.717) is 0 Å². The molecule has 0 saturated carbocycles. The zero-order valence-corrected chi connectivity index (χ0v) is 16.7. The van der Waals surface area contributed by atoms with Crippen molar-refractivity contribution < 1.29 is 4.74 Å². The van der Waals surface area contributed by atoms with E-state index in [1.165, 1.54) is 35.2 Å². The molecule has 2 aromatic heterocycles. The molecule has 0 aliphatic carbocycles. The lowest BCUT2D eigenvalue weighted by molar-refractivity contribution is 0.415. The van der Waals surface area contributed by atoms with Crippen LogP contribution in [0.3, 0.4) is 0 Å². The maximum atomic E-state index is 5.29. The van der Waals surface area contributed by atoms with Crippen LogP contribution in [0.5, 0.6) is 5.75 Å². The van der Waals surface area contributed by atoms with Gasteiger partial charge in [-0.05, 0) is 61.2 Å². The molecule has 0 atom stereocenters. The standard InChI is InChI=1S/C22H20BrN3O/c1-27-18-11-7-16(8-12-18)21-24-26-14-20(15-5-9-17(23)10-6-15)19-4-2-3-13-25(21)22(19)26/h5-12,14H,2-4,13H2,1H3. The molecule has 4 nitrogen and oxygen atoms in total. The summed E-state index contributed by atoms with van der Waals surface area (Å²) in [5.74, 6) is 1.89. The number of benzene rings is 2. The van der Waals surface area contributed by atoms with E-state index in [1.807, 2.05) is 12.1 Å². The molecule has 3 heterocycles. The zero-order chi connectivity index (χ0) is 18.4. The number of ether oxygens (including phenoxy) is 1. The van der Waals surface area contributed by atoms with E-state index in [-0.39, 0.29) is 0 Å². The fourth-order valence-corrected chi connectivity index (χ4v) is 4.27. The molecule has 5 rings (SSSR count). The molecular formula is C22H20BrN3O. The first-order chi connectivity index (χ1) is 13.2. The third-order valence-electron chi connectivity index (χ3n) is 5.34. The number of hydrogen-bond acceptors (Lipinski definition) is 2. The maximum absolute atomic E-state index is 5.29. The van der Waals surface area contributed by atoms with Crippen LogP contribution >= 0.6 is 15.9 Å². The number of aromatic nitrogens is 3. The first kappa shape index (κ1) is 16.6. The molecule has 2 aromatic carbocycles. The summed E-state index contributed by atoms with van der Waals surface area (Å²) in [4.78, 5) is 0. The average molecular weight is 422 g/mol. The molecule has 0 radical (unpaired) electrons. The van der Waals surface area contributed by atoms with Crippen molar-refractivity contribution in [1.82, 2.24) is 14.2 Å². The van der Waals surface area contributed by atoms with E-state index >= 15 is 0 Å². The number of rotatable bonds is 3. The normalized spacial score (nSPS) is 13.7. The Morgan fingerprint density at radius 3 is 2.44 bits per heavy atom. The van der Waals surface area contributed by atoms with Crippen LogP contribution in [-0.4, -0.2) is 21.3 Å². The highest BCUT2D eigenvalue weighted by Crippen LogP contribution is 2.35. The topological polar surface area (TPSA) is 31.5 Å². The zero-order valence-electron chi connectivity index (χ0n) is 15.2. The van der Waals surface area contributed by atoms with Crippen molar-refractivity contribution in [3.63, 3.8) is 0 Å². The van der Waals surface area contributed by atoms with Crippen molar-refractivity contribution in [3.05, 3.63) is 64.8 Å². The van der Waals surface area contributed by atoms with Crippen molar-refractivity contribution >= 4 is 21.6 Å². The fraction of sp³-hybridized carbons (Fsp3) is 0.227. The highest BCUT2D eigenvalue weighted by atomic mass is 79.9. The van der Waals surface area contributed by atoms with Gasteiger partial charge in [0, 0.05) is 33.9 Å². The Morgan fingerprint density at radius 2 is 1.70 bits per heavy atom. The number of methoxy groups -OCH3 is 1. The maximum Gasteiger partial charge on any atom is 0.162 e. The van der Waals surface area contributed by atoms with Gasteiger partial charge in [0.05, 0.1) is 7.11 Å². The van der Waals surface area contributed by atoms with Gasteiger partial charge in [-0.15, -0.1) is 5.10 Å². The number of hydrogen-bond donors (Lipinski definition) is 0. The molecule has 1 aliphatic rings. The summed E-state index contributed by atoms with van der Waals surface area (Å²) in [5.41, 5.74) is 6.30. The van der Waals surface area contributed by atoms with Gasteiger partial charge in [-0.2, -0.15) is 0 Å². The van der Waals surface area contributed by atoms with Crippen LogP contribution in [-0.2, 0) is 13.0 Å². The Hall–Kier alpha value is -2.53. The van der Waals surface area contributed by atoms with Crippen molar-refractivity contribution in [2.75, 3.05) is 7.11 Å². The van der Waals surface area contributed by atoms with Gasteiger partial charge >= 0.3 is 0 Å². The lowest BCUT2D eigenvalue weighted by Crippen LogP contribution is -1.99. The Bertz CT molecular complexity index is 1110. The third kappa shape index (κ3) is 2.77. The predicted molar refractivity (Wildman–Crippen MR) is 111 cm³/mol. The van der Waals surface area contributed by atoms with Crippen molar-refractivity contribution in [3.8, 4) is 28.3 Å². The molecule has 4 aromatic rings. The molecule has 0 spiro atoms. The van der Waals surface area contributed by atoms with Crippen molar-refractivity contribution in [1.29, 1.82) is 0 Å². The van der Waals surface area contributed by atoms with Crippen LogP contribution in [0.25, 0.3) is 28.2 Å². The summed E-state index contributed by atoms with van der Waals surface area (Å²) in [6.45, 7) is 1.00. The molecule has 0 bridgehead atoms. The molecule has 0 unspecified atom stereocenters. The molecule has 0 fully saturated rings. The molecule has 1 aliphatic heterocycles. The fourth-order valence-electron chi connectivity index (χ4n) is 4.00. The van der Waals surface area contributed by atoms with Gasteiger partial charge in [-0.1, -0.05) is 28.1 Å². The van der Waals surface area contributed by atoms with Crippen LogP contribution in [0.15, 0.2) is 59.2 Å². The van der Waals surface area contributed by atoms with E-state index in [1.54, 1.807) is 7.11 Å². The van der Waals surface area contributed by atoms with E-state index in [0.717, 1.165) is 34.6 Å². The van der Waals surface area contributed by atoms with Crippen molar-refractivity contribution in [2.45, 2.75) is 25.8 Å². The number of nitrogens with zero attached hydrogens (tertiary/aromatic N) is 3.